The molecule has 138 valence electrons. The second-order valence-electron chi connectivity index (χ2n) is 7.21. The summed E-state index contributed by atoms with van der Waals surface area (Å²) < 4.78 is 1.93. The van der Waals surface area contributed by atoms with Crippen LogP contribution in [0.5, 0.6) is 0 Å². The van der Waals surface area contributed by atoms with Crippen LogP contribution in [0.1, 0.15) is 40.6 Å². The number of rotatable bonds is 3. The Morgan fingerprint density at radius 2 is 1.89 bits per heavy atom. The van der Waals surface area contributed by atoms with Crippen LogP contribution in [-0.4, -0.2) is 10.9 Å². The van der Waals surface area contributed by atoms with Crippen LogP contribution < -0.4 is 14.7 Å². The van der Waals surface area contributed by atoms with Crippen LogP contribution in [0, 0.1) is 0 Å². The summed E-state index contributed by atoms with van der Waals surface area (Å²) in [6, 6.07) is 18.4. The smallest absolute Gasteiger partial charge is 0.339 e. The number of H-pyrrole nitrogens is 2. The number of amides is 1. The molecule has 5 rings (SSSR count). The lowest BCUT2D eigenvalue weighted by molar-refractivity contribution is -0.514. The van der Waals surface area contributed by atoms with Crippen molar-refractivity contribution in [3.05, 3.63) is 90.1 Å². The van der Waals surface area contributed by atoms with Crippen LogP contribution in [0.4, 0.5) is 0 Å². The fourth-order valence-electron chi connectivity index (χ4n) is 4.15. The van der Waals surface area contributed by atoms with E-state index in [4.69, 9.17) is 0 Å². The molecule has 1 amide bonds. The molecule has 1 aliphatic carbocycles. The molecule has 0 spiro atoms. The lowest BCUT2D eigenvalue weighted by atomic mass is 9.88. The molecule has 0 saturated heterocycles. The molecule has 0 bridgehead atoms. The molecule has 5 nitrogen and oxygen atoms in total. The third kappa shape index (κ3) is 2.85. The Bertz CT molecular complexity index is 1150. The van der Waals surface area contributed by atoms with E-state index in [-0.39, 0.29) is 11.9 Å². The van der Waals surface area contributed by atoms with Crippen molar-refractivity contribution in [1.29, 1.82) is 0 Å². The highest BCUT2D eigenvalue weighted by Gasteiger charge is 2.29. The van der Waals surface area contributed by atoms with Crippen molar-refractivity contribution in [3.8, 4) is 11.3 Å². The number of nitrogens with one attached hydrogen (secondary N) is 3. The maximum Gasteiger partial charge on any atom is 0.351 e. The van der Waals surface area contributed by atoms with Gasteiger partial charge in [-0.25, -0.2) is 9.97 Å². The summed E-state index contributed by atoms with van der Waals surface area (Å²) in [6.45, 7) is 0. The third-order valence-electron chi connectivity index (χ3n) is 5.50. The summed E-state index contributed by atoms with van der Waals surface area (Å²) in [5.41, 5.74) is 5.52. The van der Waals surface area contributed by atoms with Gasteiger partial charge in [0.15, 0.2) is 23.6 Å². The van der Waals surface area contributed by atoms with E-state index in [2.05, 4.69) is 33.5 Å². The van der Waals surface area contributed by atoms with E-state index in [1.807, 2.05) is 59.4 Å². The minimum atomic E-state index is -0.0864. The van der Waals surface area contributed by atoms with Gasteiger partial charge in [0.1, 0.15) is 0 Å². The molecule has 5 heteroatoms. The predicted molar refractivity (Wildman–Crippen MR) is 106 cm³/mol. The van der Waals surface area contributed by atoms with E-state index in [0.717, 1.165) is 36.0 Å². The third-order valence-corrected chi connectivity index (χ3v) is 5.50. The number of aryl methyl sites for hydroxylation is 1. The average molecular weight is 370 g/mol. The van der Waals surface area contributed by atoms with Crippen molar-refractivity contribution in [2.75, 3.05) is 0 Å². The minimum Gasteiger partial charge on any atom is -0.339 e. The molecule has 3 heterocycles. The number of carbonyl (C=O) groups is 1. The van der Waals surface area contributed by atoms with Gasteiger partial charge in [0.2, 0.25) is 0 Å². The number of carbonyl (C=O) groups excluding carboxylic acids is 1. The molecule has 3 aromatic heterocycles. The maximum absolute atomic E-state index is 13.2. The Kier molecular flexibility index (Phi) is 4.13. The van der Waals surface area contributed by atoms with Crippen LogP contribution in [0.3, 0.4) is 0 Å². The van der Waals surface area contributed by atoms with E-state index >= 15 is 0 Å². The molecule has 3 N–H and O–H groups in total. The zero-order valence-electron chi connectivity index (χ0n) is 15.5. The molecular formula is C23H22N4O+2. The molecule has 0 saturated carbocycles. The quantitative estimate of drug-likeness (QED) is 0.535. The standard InChI is InChI=1S/C23H20N4O/c28-23(25-19-9-5-7-16-6-1-2-8-18(16)19)22-26-21(17-11-13-24-14-12-17)20-10-3-4-15-27(20)22/h1-4,6,8,10-15,19H,5,7,9H2,(H,25,28)/p+2. The topological polar surface area (TPSA) is 63.1 Å². The van der Waals surface area contributed by atoms with Crippen molar-refractivity contribution in [2.24, 2.45) is 0 Å². The predicted octanol–water partition coefficient (Wildman–Crippen LogP) is 3.04. The van der Waals surface area contributed by atoms with Gasteiger partial charge in [-0.2, -0.15) is 4.40 Å². The number of imidazole rings is 1. The van der Waals surface area contributed by atoms with Gasteiger partial charge in [-0.3, -0.25) is 4.79 Å². The van der Waals surface area contributed by atoms with Crippen LogP contribution in [0.25, 0.3) is 16.8 Å². The van der Waals surface area contributed by atoms with Gasteiger partial charge in [0.05, 0.1) is 12.2 Å². The van der Waals surface area contributed by atoms with Gasteiger partial charge in [-0.05, 0) is 42.5 Å². The van der Waals surface area contributed by atoms with Crippen LogP contribution >= 0.6 is 0 Å². The summed E-state index contributed by atoms with van der Waals surface area (Å²) in [5, 5.41) is 3.25. The second kappa shape index (κ2) is 6.93. The molecule has 28 heavy (non-hydrogen) atoms. The molecule has 1 aliphatic rings. The fraction of sp³-hybridized carbons (Fsp3) is 0.174. The highest BCUT2D eigenvalue weighted by Crippen LogP contribution is 2.29. The van der Waals surface area contributed by atoms with Crippen LogP contribution in [0.2, 0.25) is 0 Å². The maximum atomic E-state index is 13.2. The Balaban J connectivity index is 1.53. The monoisotopic (exact) mass is 370 g/mol. The van der Waals surface area contributed by atoms with Gasteiger partial charge in [-0.15, -0.1) is 0 Å². The van der Waals surface area contributed by atoms with Gasteiger partial charge < -0.3 is 5.32 Å². The average Bonchev–Trinajstić information content (AvgIpc) is 3.15. The van der Waals surface area contributed by atoms with Crippen molar-refractivity contribution >= 4 is 11.4 Å². The number of nitrogens with zero attached hydrogens (tertiary/aromatic N) is 1. The summed E-state index contributed by atoms with van der Waals surface area (Å²) in [6.07, 6.45) is 8.83. The van der Waals surface area contributed by atoms with Gasteiger partial charge in [0.25, 0.3) is 0 Å². The van der Waals surface area contributed by atoms with Gasteiger partial charge in [-0.1, -0.05) is 30.3 Å². The molecule has 0 radical (unpaired) electrons. The molecule has 1 atom stereocenters. The highest BCUT2D eigenvalue weighted by molar-refractivity contribution is 5.91. The SMILES string of the molecule is O=C(NC1CCCc2ccccc21)c1[nH]c(-c2cc[nH+]cc2)c2cccc[n+]12. The number of fused-ring (bicyclic) bond motifs is 2. The first-order chi connectivity index (χ1) is 13.8. The van der Waals surface area contributed by atoms with E-state index in [1.165, 1.54) is 11.1 Å². The fourth-order valence-corrected chi connectivity index (χ4v) is 4.15. The lowest BCUT2D eigenvalue weighted by Crippen LogP contribution is -2.37. The number of benzene rings is 1. The number of aromatic nitrogens is 3. The molecule has 4 aromatic rings. The van der Waals surface area contributed by atoms with Crippen molar-refractivity contribution in [3.63, 3.8) is 0 Å². The summed E-state index contributed by atoms with van der Waals surface area (Å²) in [7, 11) is 0. The van der Waals surface area contributed by atoms with E-state index in [0.29, 0.717) is 5.82 Å². The first-order valence-corrected chi connectivity index (χ1v) is 9.69. The van der Waals surface area contributed by atoms with E-state index in [9.17, 15) is 4.79 Å². The van der Waals surface area contributed by atoms with Crippen LogP contribution in [-0.2, 0) is 6.42 Å². The van der Waals surface area contributed by atoms with E-state index < -0.39 is 0 Å². The van der Waals surface area contributed by atoms with E-state index in [1.54, 1.807) is 0 Å². The largest absolute Gasteiger partial charge is 0.351 e. The Labute approximate surface area is 163 Å². The first-order valence-electron chi connectivity index (χ1n) is 9.69. The molecular weight excluding hydrogens is 348 g/mol. The summed E-state index contributed by atoms with van der Waals surface area (Å²) in [5.74, 6) is 0.457. The van der Waals surface area contributed by atoms with Gasteiger partial charge >= 0.3 is 11.7 Å². The van der Waals surface area contributed by atoms with Crippen molar-refractivity contribution < 1.29 is 14.2 Å². The summed E-state index contributed by atoms with van der Waals surface area (Å²) >= 11 is 0. The Hall–Kier alpha value is -3.47. The highest BCUT2D eigenvalue weighted by atomic mass is 16.2. The van der Waals surface area contributed by atoms with Crippen molar-refractivity contribution in [2.45, 2.75) is 25.3 Å². The Morgan fingerprint density at radius 3 is 2.79 bits per heavy atom. The van der Waals surface area contributed by atoms with Crippen LogP contribution in [0.15, 0.2) is 73.2 Å². The van der Waals surface area contributed by atoms with Gasteiger partial charge in [0, 0.05) is 17.7 Å². The summed E-state index contributed by atoms with van der Waals surface area (Å²) in [4.78, 5) is 19.6. The lowest BCUT2D eigenvalue weighted by Gasteiger charge is -2.25. The van der Waals surface area contributed by atoms with Crippen molar-refractivity contribution in [1.82, 2.24) is 10.3 Å². The number of hydrogen-bond acceptors (Lipinski definition) is 1. The number of pyridine rings is 2. The second-order valence-corrected chi connectivity index (χ2v) is 7.21. The Morgan fingerprint density at radius 1 is 1.07 bits per heavy atom. The number of hydrogen-bond donors (Lipinski definition) is 2. The normalized spacial score (nSPS) is 15.9. The molecule has 1 unspecified atom stereocenters. The molecule has 1 aromatic carbocycles. The molecule has 0 aliphatic heterocycles. The first kappa shape index (κ1) is 16.7. The molecule has 0 fully saturated rings. The zero-order valence-corrected chi connectivity index (χ0v) is 15.5. The zero-order chi connectivity index (χ0) is 18.9. The number of aromatic amines is 2. The minimum absolute atomic E-state index is 0.0508.